The van der Waals surface area contributed by atoms with E-state index in [9.17, 15) is 13.6 Å². The normalized spacial score (nSPS) is 18.0. The first kappa shape index (κ1) is 19.1. The number of pyridine rings is 2. The van der Waals surface area contributed by atoms with Crippen LogP contribution < -0.4 is 14.8 Å². The fourth-order valence-electron chi connectivity index (χ4n) is 3.39. The first-order valence-electron chi connectivity index (χ1n) is 9.04. The summed E-state index contributed by atoms with van der Waals surface area (Å²) in [5, 5.41) is 3.39. The molecule has 0 radical (unpaired) electrons. The molecule has 2 unspecified atom stereocenters. The van der Waals surface area contributed by atoms with Crippen LogP contribution in [0.5, 0.6) is 11.6 Å². The van der Waals surface area contributed by atoms with Gasteiger partial charge in [0.15, 0.2) is 11.6 Å². The zero-order valence-electron chi connectivity index (χ0n) is 16.4. The van der Waals surface area contributed by atoms with E-state index in [-0.39, 0.29) is 29.7 Å². The lowest BCUT2D eigenvalue weighted by molar-refractivity contribution is -0.117. The van der Waals surface area contributed by atoms with Crippen LogP contribution in [0.2, 0.25) is 0 Å². The van der Waals surface area contributed by atoms with Gasteiger partial charge in [-0.2, -0.15) is 0 Å². The monoisotopic (exact) mass is 402 g/mol. The Labute approximate surface area is 165 Å². The van der Waals surface area contributed by atoms with Gasteiger partial charge in [-0.05, 0) is 25.5 Å². The highest BCUT2D eigenvalue weighted by atomic mass is 19.1. The SMILES string of the molecule is COc1nc(C)c(F)c(OC)c1-c1cc2cc(NC(=O)C3CC3F)ncc2n1C. The number of carbonyl (C=O) groups is 1. The standard InChI is InChI=1S/C20H20F2N4O3/c1-9-17(22)18(28-3)16(20(24-9)29-4)13-5-10-6-15(23-8-14(10)26(13)2)25-19(27)11-7-12(11)21/h5-6,8,11-12H,7H2,1-4H3,(H,23,25,27). The minimum absolute atomic E-state index is 0.0319. The molecule has 1 saturated carbocycles. The van der Waals surface area contributed by atoms with Gasteiger partial charge in [0.1, 0.15) is 17.6 Å². The van der Waals surface area contributed by atoms with Crippen LogP contribution in [0.4, 0.5) is 14.6 Å². The minimum Gasteiger partial charge on any atom is -0.493 e. The van der Waals surface area contributed by atoms with Crippen molar-refractivity contribution in [2.75, 3.05) is 19.5 Å². The number of hydrogen-bond donors (Lipinski definition) is 1. The number of nitrogens with one attached hydrogen (secondary N) is 1. The Morgan fingerprint density at radius 3 is 2.66 bits per heavy atom. The quantitative estimate of drug-likeness (QED) is 0.708. The van der Waals surface area contributed by atoms with Crippen molar-refractivity contribution in [3.05, 3.63) is 29.8 Å². The van der Waals surface area contributed by atoms with Gasteiger partial charge in [0.2, 0.25) is 11.8 Å². The number of carbonyl (C=O) groups excluding carboxylic acids is 1. The number of nitrogens with zero attached hydrogens (tertiary/aromatic N) is 3. The van der Waals surface area contributed by atoms with Crippen LogP contribution >= 0.6 is 0 Å². The van der Waals surface area contributed by atoms with E-state index in [1.54, 1.807) is 25.4 Å². The number of fused-ring (bicyclic) bond motifs is 1. The Morgan fingerprint density at radius 2 is 2.03 bits per heavy atom. The van der Waals surface area contributed by atoms with Crippen LogP contribution in [-0.2, 0) is 11.8 Å². The van der Waals surface area contributed by atoms with Crippen molar-refractivity contribution in [3.8, 4) is 22.9 Å². The summed E-state index contributed by atoms with van der Waals surface area (Å²) in [5.74, 6) is -0.960. The highest BCUT2D eigenvalue weighted by molar-refractivity contribution is 5.96. The van der Waals surface area contributed by atoms with Gasteiger partial charge >= 0.3 is 0 Å². The van der Waals surface area contributed by atoms with E-state index in [4.69, 9.17) is 9.47 Å². The van der Waals surface area contributed by atoms with Crippen LogP contribution in [0.1, 0.15) is 12.1 Å². The number of ether oxygens (including phenoxy) is 2. The van der Waals surface area contributed by atoms with Gasteiger partial charge in [0.25, 0.3) is 0 Å². The lowest BCUT2D eigenvalue weighted by Gasteiger charge is -2.15. The first-order valence-corrected chi connectivity index (χ1v) is 9.04. The van der Waals surface area contributed by atoms with Crippen molar-refractivity contribution in [3.63, 3.8) is 0 Å². The fourth-order valence-corrected chi connectivity index (χ4v) is 3.39. The maximum absolute atomic E-state index is 14.6. The van der Waals surface area contributed by atoms with Crippen LogP contribution in [0, 0.1) is 18.7 Å². The van der Waals surface area contributed by atoms with Crippen molar-refractivity contribution < 1.29 is 23.0 Å². The summed E-state index contributed by atoms with van der Waals surface area (Å²) in [4.78, 5) is 20.4. The molecule has 0 saturated heterocycles. The zero-order chi connectivity index (χ0) is 20.9. The zero-order valence-corrected chi connectivity index (χ0v) is 16.4. The Bertz CT molecular complexity index is 1130. The predicted molar refractivity (Wildman–Crippen MR) is 103 cm³/mol. The smallest absolute Gasteiger partial charge is 0.231 e. The van der Waals surface area contributed by atoms with Gasteiger partial charge in [-0.3, -0.25) is 4.79 Å². The number of halogens is 2. The van der Waals surface area contributed by atoms with Crippen molar-refractivity contribution in [1.29, 1.82) is 0 Å². The molecule has 9 heteroatoms. The number of hydrogen-bond acceptors (Lipinski definition) is 5. The molecule has 3 aromatic rings. The Balaban J connectivity index is 1.80. The second kappa shape index (κ2) is 6.98. The number of alkyl halides is 1. The number of rotatable bonds is 5. The minimum atomic E-state index is -1.08. The van der Waals surface area contributed by atoms with E-state index >= 15 is 0 Å². The van der Waals surface area contributed by atoms with Gasteiger partial charge < -0.3 is 19.4 Å². The first-order chi connectivity index (χ1) is 13.8. The lowest BCUT2D eigenvalue weighted by Crippen LogP contribution is -2.15. The molecule has 0 aromatic carbocycles. The highest BCUT2D eigenvalue weighted by Gasteiger charge is 2.43. The fraction of sp³-hybridized carbons (Fsp3) is 0.350. The molecule has 1 amide bonds. The van der Waals surface area contributed by atoms with Gasteiger partial charge in [-0.1, -0.05) is 0 Å². The molecule has 2 atom stereocenters. The average Bonchev–Trinajstić information content (AvgIpc) is 3.35. The third kappa shape index (κ3) is 3.16. The summed E-state index contributed by atoms with van der Waals surface area (Å²) < 4.78 is 40.2. The van der Waals surface area contributed by atoms with Crippen molar-refractivity contribution in [1.82, 2.24) is 14.5 Å². The van der Waals surface area contributed by atoms with Gasteiger partial charge in [0.05, 0.1) is 43.2 Å². The van der Waals surface area contributed by atoms with E-state index in [2.05, 4.69) is 15.3 Å². The molecule has 0 aliphatic heterocycles. The van der Waals surface area contributed by atoms with Gasteiger partial charge in [0, 0.05) is 12.4 Å². The number of methoxy groups -OCH3 is 2. The van der Waals surface area contributed by atoms with Crippen molar-refractivity contribution in [2.45, 2.75) is 19.5 Å². The second-order valence-electron chi connectivity index (χ2n) is 6.99. The molecule has 3 heterocycles. The molecule has 1 aliphatic rings. The summed E-state index contributed by atoms with van der Waals surface area (Å²) in [6, 6.07) is 3.49. The molecule has 29 heavy (non-hydrogen) atoms. The molecule has 1 N–H and O–H groups in total. The van der Waals surface area contributed by atoms with E-state index in [1.807, 2.05) is 4.57 Å². The molecule has 1 aliphatic carbocycles. The average molecular weight is 402 g/mol. The second-order valence-corrected chi connectivity index (χ2v) is 6.99. The van der Waals surface area contributed by atoms with Crippen LogP contribution in [-0.4, -0.2) is 40.8 Å². The molecule has 7 nitrogen and oxygen atoms in total. The van der Waals surface area contributed by atoms with E-state index in [1.165, 1.54) is 21.1 Å². The predicted octanol–water partition coefficient (Wildman–Crippen LogP) is 3.40. The maximum atomic E-state index is 14.6. The Hall–Kier alpha value is -3.23. The summed E-state index contributed by atoms with van der Waals surface area (Å²) in [5.41, 5.74) is 1.90. The molecule has 3 aromatic heterocycles. The third-order valence-corrected chi connectivity index (χ3v) is 5.11. The molecule has 152 valence electrons. The van der Waals surface area contributed by atoms with E-state index in [0.29, 0.717) is 17.1 Å². The number of aryl methyl sites for hydroxylation is 2. The lowest BCUT2D eigenvalue weighted by atomic mass is 10.1. The number of amides is 1. The van der Waals surface area contributed by atoms with Crippen LogP contribution in [0.25, 0.3) is 22.2 Å². The highest BCUT2D eigenvalue weighted by Crippen LogP contribution is 2.42. The van der Waals surface area contributed by atoms with Crippen molar-refractivity contribution >= 4 is 22.6 Å². The summed E-state index contributed by atoms with van der Waals surface area (Å²) in [7, 11) is 4.64. The van der Waals surface area contributed by atoms with E-state index < -0.39 is 17.9 Å². The maximum Gasteiger partial charge on any atom is 0.231 e. The Morgan fingerprint density at radius 1 is 1.31 bits per heavy atom. The summed E-state index contributed by atoms with van der Waals surface area (Å²) in [6.07, 6.45) is 0.756. The molecule has 0 spiro atoms. The molecule has 4 rings (SSSR count). The Kier molecular flexibility index (Phi) is 4.60. The number of aromatic nitrogens is 3. The van der Waals surface area contributed by atoms with Crippen LogP contribution in [0.15, 0.2) is 18.3 Å². The van der Waals surface area contributed by atoms with Crippen molar-refractivity contribution in [2.24, 2.45) is 13.0 Å². The van der Waals surface area contributed by atoms with Gasteiger partial charge in [-0.25, -0.2) is 18.7 Å². The third-order valence-electron chi connectivity index (χ3n) is 5.11. The van der Waals surface area contributed by atoms with Gasteiger partial charge in [-0.15, -0.1) is 0 Å². The summed E-state index contributed by atoms with van der Waals surface area (Å²) >= 11 is 0. The molecular formula is C20H20F2N4O3. The van der Waals surface area contributed by atoms with Crippen LogP contribution in [0.3, 0.4) is 0 Å². The number of anilines is 1. The molecule has 0 bridgehead atoms. The van der Waals surface area contributed by atoms with E-state index in [0.717, 1.165) is 10.9 Å². The topological polar surface area (TPSA) is 78.3 Å². The largest absolute Gasteiger partial charge is 0.493 e. The molecular weight excluding hydrogens is 382 g/mol. The molecule has 1 fully saturated rings. The summed E-state index contributed by atoms with van der Waals surface area (Å²) in [6.45, 7) is 1.53.